The fourth-order valence-electron chi connectivity index (χ4n) is 2.83. The van der Waals surface area contributed by atoms with Crippen molar-refractivity contribution in [1.82, 2.24) is 10.4 Å². The van der Waals surface area contributed by atoms with Gasteiger partial charge < -0.3 is 15.0 Å². The predicted octanol–water partition coefficient (Wildman–Crippen LogP) is 4.05. The summed E-state index contributed by atoms with van der Waals surface area (Å²) in [5, 5.41) is 7.35. The third-order valence-electron chi connectivity index (χ3n) is 4.29. The number of H-pyrrole nitrogens is 1. The maximum Gasteiger partial charge on any atom is 0.329 e. The summed E-state index contributed by atoms with van der Waals surface area (Å²) < 4.78 is 5.69. The number of para-hydroxylation sites is 2. The van der Waals surface area contributed by atoms with Crippen molar-refractivity contribution < 1.29 is 14.3 Å². The second kappa shape index (κ2) is 8.74. The van der Waals surface area contributed by atoms with Crippen LogP contribution in [0.4, 0.5) is 5.69 Å². The lowest BCUT2D eigenvalue weighted by Gasteiger charge is -2.07. The van der Waals surface area contributed by atoms with Crippen LogP contribution in [0.1, 0.15) is 5.56 Å². The van der Waals surface area contributed by atoms with Gasteiger partial charge in [0, 0.05) is 28.4 Å². The van der Waals surface area contributed by atoms with Gasteiger partial charge in [-0.25, -0.2) is 5.43 Å². The molecule has 0 atom stereocenters. The third kappa shape index (κ3) is 4.53. The fourth-order valence-corrected chi connectivity index (χ4v) is 2.83. The number of anilines is 1. The molecule has 0 radical (unpaired) electrons. The number of aromatic nitrogens is 1. The van der Waals surface area contributed by atoms with Crippen LogP contribution in [-0.2, 0) is 9.59 Å². The van der Waals surface area contributed by atoms with E-state index in [4.69, 9.17) is 4.74 Å². The van der Waals surface area contributed by atoms with Gasteiger partial charge in [0.1, 0.15) is 11.5 Å². The Hall–Kier alpha value is -4.39. The summed E-state index contributed by atoms with van der Waals surface area (Å²) in [6.07, 6.45) is 3.26. The van der Waals surface area contributed by atoms with Crippen LogP contribution in [0, 0.1) is 0 Å². The number of aromatic amines is 1. The van der Waals surface area contributed by atoms with Gasteiger partial charge in [-0.15, -0.1) is 0 Å². The van der Waals surface area contributed by atoms with Crippen molar-refractivity contribution in [3.8, 4) is 11.5 Å². The van der Waals surface area contributed by atoms with Crippen molar-refractivity contribution >= 4 is 34.6 Å². The van der Waals surface area contributed by atoms with E-state index < -0.39 is 11.8 Å². The Morgan fingerprint density at radius 1 is 0.833 bits per heavy atom. The zero-order valence-electron chi connectivity index (χ0n) is 15.8. The van der Waals surface area contributed by atoms with E-state index in [-0.39, 0.29) is 0 Å². The first-order chi connectivity index (χ1) is 14.7. The minimum absolute atomic E-state index is 0.469. The van der Waals surface area contributed by atoms with Crippen LogP contribution in [0.5, 0.6) is 11.5 Å². The molecule has 0 bridgehead atoms. The molecule has 3 N–H and O–H groups in total. The van der Waals surface area contributed by atoms with E-state index >= 15 is 0 Å². The number of carbonyl (C=O) groups excluding carboxylic acids is 2. The van der Waals surface area contributed by atoms with E-state index in [0.29, 0.717) is 17.2 Å². The molecule has 2 amide bonds. The zero-order valence-corrected chi connectivity index (χ0v) is 15.8. The number of carbonyl (C=O) groups is 2. The molecular formula is C23H18N4O3. The summed E-state index contributed by atoms with van der Waals surface area (Å²) in [7, 11) is 0. The quantitative estimate of drug-likeness (QED) is 0.269. The van der Waals surface area contributed by atoms with Crippen LogP contribution >= 0.6 is 0 Å². The Labute approximate surface area is 172 Å². The summed E-state index contributed by atoms with van der Waals surface area (Å²) in [4.78, 5) is 27.1. The number of hydrazone groups is 1. The minimum atomic E-state index is -0.865. The summed E-state index contributed by atoms with van der Waals surface area (Å²) in [6, 6.07) is 23.8. The molecule has 7 heteroatoms. The van der Waals surface area contributed by atoms with Crippen LogP contribution < -0.4 is 15.5 Å². The Morgan fingerprint density at radius 3 is 2.33 bits per heavy atom. The van der Waals surface area contributed by atoms with Crippen molar-refractivity contribution in [1.29, 1.82) is 0 Å². The van der Waals surface area contributed by atoms with Gasteiger partial charge in [0.25, 0.3) is 0 Å². The van der Waals surface area contributed by atoms with Gasteiger partial charge in [-0.3, -0.25) is 9.59 Å². The number of hydrogen-bond donors (Lipinski definition) is 3. The fraction of sp³-hybridized carbons (Fsp3) is 0. The molecule has 0 fully saturated rings. The number of amides is 2. The van der Waals surface area contributed by atoms with E-state index in [0.717, 1.165) is 16.5 Å². The molecule has 0 aliphatic heterocycles. The average molecular weight is 398 g/mol. The highest BCUT2D eigenvalue weighted by molar-refractivity contribution is 6.39. The number of nitrogens with one attached hydrogen (secondary N) is 3. The summed E-state index contributed by atoms with van der Waals surface area (Å²) in [5.74, 6) is -0.354. The number of rotatable bonds is 5. The normalized spacial score (nSPS) is 10.8. The van der Waals surface area contributed by atoms with E-state index in [1.54, 1.807) is 30.5 Å². The van der Waals surface area contributed by atoms with Crippen LogP contribution in [0.25, 0.3) is 10.9 Å². The molecule has 4 aromatic rings. The molecule has 3 aromatic carbocycles. The standard InChI is InChI=1S/C23H18N4O3/c28-22(23(29)27-25-15-16-14-24-21-9-5-4-8-20(16)21)26-17-10-12-19(13-11-17)30-18-6-2-1-3-7-18/h1-15,24H,(H,26,28)(H,27,29). The van der Waals surface area contributed by atoms with Gasteiger partial charge in [-0.2, -0.15) is 5.10 Å². The van der Waals surface area contributed by atoms with Gasteiger partial charge in [-0.05, 0) is 42.5 Å². The number of ether oxygens (including phenoxy) is 1. The smallest absolute Gasteiger partial charge is 0.329 e. The molecular weight excluding hydrogens is 380 g/mol. The highest BCUT2D eigenvalue weighted by atomic mass is 16.5. The van der Waals surface area contributed by atoms with E-state index in [1.165, 1.54) is 6.21 Å². The maximum atomic E-state index is 12.1. The maximum absolute atomic E-state index is 12.1. The molecule has 0 aliphatic carbocycles. The second-order valence-electron chi connectivity index (χ2n) is 6.38. The lowest BCUT2D eigenvalue weighted by molar-refractivity contribution is -0.136. The first-order valence-electron chi connectivity index (χ1n) is 9.22. The van der Waals surface area contributed by atoms with Crippen molar-refractivity contribution in [2.45, 2.75) is 0 Å². The summed E-state index contributed by atoms with van der Waals surface area (Å²) in [6.45, 7) is 0. The van der Waals surface area contributed by atoms with E-state index in [9.17, 15) is 9.59 Å². The molecule has 0 unspecified atom stereocenters. The SMILES string of the molecule is O=C(NN=Cc1c[nH]c2ccccc12)C(=O)Nc1ccc(Oc2ccccc2)cc1. The van der Waals surface area contributed by atoms with Crippen molar-refractivity contribution in [2.24, 2.45) is 5.10 Å². The Bertz CT molecular complexity index is 1200. The molecule has 0 spiro atoms. The monoisotopic (exact) mass is 398 g/mol. The Kier molecular flexibility index (Phi) is 5.52. The Balaban J connectivity index is 1.31. The van der Waals surface area contributed by atoms with Crippen molar-refractivity contribution in [3.05, 3.63) is 90.6 Å². The Morgan fingerprint density at radius 2 is 1.53 bits per heavy atom. The third-order valence-corrected chi connectivity index (χ3v) is 4.29. The molecule has 148 valence electrons. The highest BCUT2D eigenvalue weighted by Crippen LogP contribution is 2.22. The molecule has 1 aromatic heterocycles. The van der Waals surface area contributed by atoms with Gasteiger partial charge >= 0.3 is 11.8 Å². The first-order valence-corrected chi connectivity index (χ1v) is 9.22. The summed E-state index contributed by atoms with van der Waals surface area (Å²) in [5.41, 5.74) is 4.46. The molecule has 0 saturated carbocycles. The second-order valence-corrected chi connectivity index (χ2v) is 6.38. The van der Waals surface area contributed by atoms with Crippen LogP contribution in [0.3, 0.4) is 0 Å². The molecule has 0 aliphatic rings. The largest absolute Gasteiger partial charge is 0.457 e. The van der Waals surface area contributed by atoms with E-state index in [1.807, 2.05) is 54.6 Å². The van der Waals surface area contributed by atoms with Crippen LogP contribution in [0.15, 0.2) is 90.2 Å². The van der Waals surface area contributed by atoms with Crippen molar-refractivity contribution in [2.75, 3.05) is 5.32 Å². The van der Waals surface area contributed by atoms with Gasteiger partial charge in [0.2, 0.25) is 0 Å². The first kappa shape index (κ1) is 18.9. The summed E-state index contributed by atoms with van der Waals surface area (Å²) >= 11 is 0. The minimum Gasteiger partial charge on any atom is -0.457 e. The topological polar surface area (TPSA) is 95.6 Å². The number of hydrogen-bond acceptors (Lipinski definition) is 4. The molecule has 30 heavy (non-hydrogen) atoms. The van der Waals surface area contributed by atoms with Crippen LogP contribution in [-0.4, -0.2) is 23.0 Å². The number of fused-ring (bicyclic) bond motifs is 1. The van der Waals surface area contributed by atoms with Crippen molar-refractivity contribution in [3.63, 3.8) is 0 Å². The molecule has 1 heterocycles. The zero-order chi connectivity index (χ0) is 20.8. The average Bonchev–Trinajstić information content (AvgIpc) is 3.19. The predicted molar refractivity (Wildman–Crippen MR) is 116 cm³/mol. The van der Waals surface area contributed by atoms with Gasteiger partial charge in [0.15, 0.2) is 0 Å². The number of benzene rings is 3. The van der Waals surface area contributed by atoms with Crippen LogP contribution in [0.2, 0.25) is 0 Å². The number of nitrogens with zero attached hydrogens (tertiary/aromatic N) is 1. The lowest BCUT2D eigenvalue weighted by Crippen LogP contribution is -2.32. The highest BCUT2D eigenvalue weighted by Gasteiger charge is 2.13. The van der Waals surface area contributed by atoms with Gasteiger partial charge in [0.05, 0.1) is 6.21 Å². The molecule has 4 rings (SSSR count). The lowest BCUT2D eigenvalue weighted by atomic mass is 10.2. The molecule has 7 nitrogen and oxygen atoms in total. The molecule has 0 saturated heterocycles. The van der Waals surface area contributed by atoms with E-state index in [2.05, 4.69) is 20.8 Å². The van der Waals surface area contributed by atoms with Gasteiger partial charge in [-0.1, -0.05) is 36.4 Å².